The molecular weight excluding hydrogens is 212 g/mol. The SMILES string of the molecule is COCCCC(N)C(=O)Nc1nnn(C)n1. The number of ether oxygens (including phenoxy) is 1. The van der Waals surface area contributed by atoms with Gasteiger partial charge in [-0.3, -0.25) is 10.1 Å². The molecule has 1 amide bonds. The Bertz CT molecular complexity index is 339. The van der Waals surface area contributed by atoms with Crippen LogP contribution in [0.25, 0.3) is 0 Å². The molecule has 1 atom stereocenters. The molecule has 0 aromatic carbocycles. The number of nitrogens with one attached hydrogen (secondary N) is 1. The van der Waals surface area contributed by atoms with Crippen molar-refractivity contribution < 1.29 is 9.53 Å². The molecule has 0 spiro atoms. The monoisotopic (exact) mass is 228 g/mol. The minimum Gasteiger partial charge on any atom is -0.385 e. The summed E-state index contributed by atoms with van der Waals surface area (Å²) < 4.78 is 4.87. The molecule has 1 heterocycles. The highest BCUT2D eigenvalue weighted by atomic mass is 16.5. The number of carbonyl (C=O) groups excluding carboxylic acids is 1. The van der Waals surface area contributed by atoms with E-state index in [1.807, 2.05) is 0 Å². The Kier molecular flexibility index (Phi) is 4.80. The lowest BCUT2D eigenvalue weighted by molar-refractivity contribution is -0.117. The zero-order valence-corrected chi connectivity index (χ0v) is 9.38. The van der Waals surface area contributed by atoms with Crippen molar-refractivity contribution in [3.63, 3.8) is 0 Å². The van der Waals surface area contributed by atoms with Crippen molar-refractivity contribution in [3.05, 3.63) is 0 Å². The Morgan fingerprint density at radius 2 is 2.44 bits per heavy atom. The van der Waals surface area contributed by atoms with Crippen LogP contribution in [0, 0.1) is 0 Å². The summed E-state index contributed by atoms with van der Waals surface area (Å²) in [6.45, 7) is 0.588. The van der Waals surface area contributed by atoms with E-state index in [9.17, 15) is 4.79 Å². The lowest BCUT2D eigenvalue weighted by Gasteiger charge is -2.09. The number of carbonyl (C=O) groups is 1. The summed E-state index contributed by atoms with van der Waals surface area (Å²) in [7, 11) is 3.22. The maximum Gasteiger partial charge on any atom is 0.270 e. The van der Waals surface area contributed by atoms with Crippen LogP contribution in [0.3, 0.4) is 0 Å². The Hall–Kier alpha value is -1.54. The largest absolute Gasteiger partial charge is 0.385 e. The minimum atomic E-state index is -0.584. The van der Waals surface area contributed by atoms with Crippen LogP contribution in [-0.2, 0) is 16.6 Å². The fourth-order valence-corrected chi connectivity index (χ4v) is 1.12. The minimum absolute atomic E-state index is 0.162. The summed E-state index contributed by atoms with van der Waals surface area (Å²) in [4.78, 5) is 12.8. The number of tetrazole rings is 1. The highest BCUT2D eigenvalue weighted by Crippen LogP contribution is 1.99. The van der Waals surface area contributed by atoms with Gasteiger partial charge in [0.2, 0.25) is 5.91 Å². The lowest BCUT2D eigenvalue weighted by Crippen LogP contribution is -2.36. The molecule has 0 aliphatic carbocycles. The van der Waals surface area contributed by atoms with E-state index in [0.29, 0.717) is 13.0 Å². The van der Waals surface area contributed by atoms with Crippen molar-refractivity contribution in [1.82, 2.24) is 20.2 Å². The van der Waals surface area contributed by atoms with E-state index in [2.05, 4.69) is 20.7 Å². The number of aryl methyl sites for hydroxylation is 1. The van der Waals surface area contributed by atoms with Gasteiger partial charge in [0.05, 0.1) is 13.1 Å². The van der Waals surface area contributed by atoms with Crippen molar-refractivity contribution in [3.8, 4) is 0 Å². The maximum absolute atomic E-state index is 11.5. The first kappa shape index (κ1) is 12.5. The van der Waals surface area contributed by atoms with E-state index < -0.39 is 6.04 Å². The predicted molar refractivity (Wildman–Crippen MR) is 56.5 cm³/mol. The van der Waals surface area contributed by atoms with Gasteiger partial charge >= 0.3 is 0 Å². The summed E-state index contributed by atoms with van der Waals surface area (Å²) in [5, 5.41) is 13.5. The highest BCUT2D eigenvalue weighted by molar-refractivity contribution is 5.92. The van der Waals surface area contributed by atoms with Crippen LogP contribution >= 0.6 is 0 Å². The smallest absolute Gasteiger partial charge is 0.270 e. The molecule has 90 valence electrons. The molecule has 0 radical (unpaired) electrons. The highest BCUT2D eigenvalue weighted by Gasteiger charge is 2.14. The van der Waals surface area contributed by atoms with E-state index in [0.717, 1.165) is 6.42 Å². The average molecular weight is 228 g/mol. The summed E-state index contributed by atoms with van der Waals surface area (Å²) in [6, 6.07) is -0.584. The van der Waals surface area contributed by atoms with Crippen molar-refractivity contribution in [2.75, 3.05) is 19.0 Å². The fourth-order valence-electron chi connectivity index (χ4n) is 1.12. The predicted octanol–water partition coefficient (Wildman–Crippen LogP) is -1.10. The van der Waals surface area contributed by atoms with Gasteiger partial charge in [0.1, 0.15) is 0 Å². The molecule has 8 heteroatoms. The van der Waals surface area contributed by atoms with Gasteiger partial charge < -0.3 is 10.5 Å². The second kappa shape index (κ2) is 6.13. The normalized spacial score (nSPS) is 12.4. The number of amides is 1. The molecule has 0 bridgehead atoms. The van der Waals surface area contributed by atoms with Crippen LogP contribution in [0.5, 0.6) is 0 Å². The number of nitrogens with two attached hydrogens (primary N) is 1. The van der Waals surface area contributed by atoms with Gasteiger partial charge in [0, 0.05) is 13.7 Å². The summed E-state index contributed by atoms with van der Waals surface area (Å²) in [6.07, 6.45) is 1.29. The average Bonchev–Trinajstić information content (AvgIpc) is 2.64. The van der Waals surface area contributed by atoms with Gasteiger partial charge in [0.15, 0.2) is 0 Å². The summed E-state index contributed by atoms with van der Waals surface area (Å²) in [5.74, 6) is -0.154. The molecule has 1 rings (SSSR count). The molecule has 8 nitrogen and oxygen atoms in total. The molecule has 1 aromatic rings. The second-order valence-electron chi connectivity index (χ2n) is 3.33. The molecular formula is C8H16N6O2. The van der Waals surface area contributed by atoms with Crippen LogP contribution in [0.2, 0.25) is 0 Å². The van der Waals surface area contributed by atoms with Crippen molar-refractivity contribution in [2.45, 2.75) is 18.9 Å². The molecule has 1 unspecified atom stereocenters. The van der Waals surface area contributed by atoms with Crippen molar-refractivity contribution >= 4 is 11.9 Å². The van der Waals surface area contributed by atoms with E-state index in [-0.39, 0.29) is 11.9 Å². The number of hydrogen-bond donors (Lipinski definition) is 2. The van der Waals surface area contributed by atoms with E-state index in [1.54, 1.807) is 14.2 Å². The van der Waals surface area contributed by atoms with Crippen LogP contribution < -0.4 is 11.1 Å². The van der Waals surface area contributed by atoms with E-state index >= 15 is 0 Å². The van der Waals surface area contributed by atoms with Gasteiger partial charge in [-0.25, -0.2) is 0 Å². The van der Waals surface area contributed by atoms with Crippen LogP contribution in [0.4, 0.5) is 5.95 Å². The third-order valence-corrected chi connectivity index (χ3v) is 1.94. The van der Waals surface area contributed by atoms with Crippen LogP contribution in [-0.4, -0.2) is 45.9 Å². The lowest BCUT2D eigenvalue weighted by atomic mass is 10.1. The number of rotatable bonds is 6. The fraction of sp³-hybridized carbons (Fsp3) is 0.750. The maximum atomic E-state index is 11.5. The zero-order chi connectivity index (χ0) is 12.0. The molecule has 0 fully saturated rings. The first-order valence-corrected chi connectivity index (χ1v) is 4.93. The molecule has 3 N–H and O–H groups in total. The standard InChI is InChI=1S/C8H16N6O2/c1-14-12-8(11-13-14)10-7(15)6(9)4-3-5-16-2/h6H,3-5,9H2,1-2H3,(H,10,12,15). The first-order valence-electron chi connectivity index (χ1n) is 4.93. The van der Waals surface area contributed by atoms with E-state index in [1.165, 1.54) is 4.80 Å². The summed E-state index contributed by atoms with van der Waals surface area (Å²) >= 11 is 0. The molecule has 1 aromatic heterocycles. The van der Waals surface area contributed by atoms with Crippen molar-refractivity contribution in [1.29, 1.82) is 0 Å². The molecule has 0 aliphatic heterocycles. The van der Waals surface area contributed by atoms with Gasteiger partial charge in [-0.15, -0.1) is 5.10 Å². The van der Waals surface area contributed by atoms with Crippen LogP contribution in [0.1, 0.15) is 12.8 Å². The van der Waals surface area contributed by atoms with Gasteiger partial charge in [0.25, 0.3) is 5.95 Å². The molecule has 16 heavy (non-hydrogen) atoms. The Morgan fingerprint density at radius 3 is 3.00 bits per heavy atom. The third kappa shape index (κ3) is 3.91. The van der Waals surface area contributed by atoms with E-state index in [4.69, 9.17) is 10.5 Å². The van der Waals surface area contributed by atoms with Gasteiger partial charge in [-0.05, 0) is 18.1 Å². The number of nitrogens with zero attached hydrogens (tertiary/aromatic N) is 4. The summed E-state index contributed by atoms with van der Waals surface area (Å²) in [5.41, 5.74) is 5.66. The topological polar surface area (TPSA) is 108 Å². The quantitative estimate of drug-likeness (QED) is 0.598. The third-order valence-electron chi connectivity index (χ3n) is 1.94. The molecule has 0 aliphatic rings. The number of hydrogen-bond acceptors (Lipinski definition) is 6. The Balaban J connectivity index is 2.34. The zero-order valence-electron chi connectivity index (χ0n) is 9.38. The van der Waals surface area contributed by atoms with Gasteiger partial charge in [-0.1, -0.05) is 5.10 Å². The van der Waals surface area contributed by atoms with Crippen molar-refractivity contribution in [2.24, 2.45) is 12.8 Å². The second-order valence-corrected chi connectivity index (χ2v) is 3.33. The number of aromatic nitrogens is 4. The molecule has 0 saturated carbocycles. The number of anilines is 1. The number of methoxy groups -OCH3 is 1. The Labute approximate surface area is 93.1 Å². The van der Waals surface area contributed by atoms with Crippen LogP contribution in [0.15, 0.2) is 0 Å². The first-order chi connectivity index (χ1) is 7.63. The van der Waals surface area contributed by atoms with Gasteiger partial charge in [-0.2, -0.15) is 4.80 Å². The molecule has 0 saturated heterocycles. The Morgan fingerprint density at radius 1 is 1.69 bits per heavy atom.